The molecular formula is C25H30N6OS. The van der Waals surface area contributed by atoms with Crippen molar-refractivity contribution in [1.29, 1.82) is 0 Å². The minimum atomic E-state index is 0.0370. The molecule has 7 nitrogen and oxygen atoms in total. The number of rotatable bonds is 8. The van der Waals surface area contributed by atoms with Gasteiger partial charge in [-0.3, -0.25) is 19.2 Å². The molecule has 1 aromatic heterocycles. The summed E-state index contributed by atoms with van der Waals surface area (Å²) in [5.74, 6) is 0.874. The second-order valence-electron chi connectivity index (χ2n) is 8.27. The quantitative estimate of drug-likeness (QED) is 0.411. The molecule has 0 aliphatic carbocycles. The second-order valence-corrected chi connectivity index (χ2v) is 8.64. The number of nitrogens with one attached hydrogen (secondary N) is 1. The normalized spacial score (nSPS) is 14.8. The smallest absolute Gasteiger partial charge is 0.234 e. The molecule has 172 valence electrons. The topological polar surface area (TPSA) is 58.3 Å². The first kappa shape index (κ1) is 23.1. The van der Waals surface area contributed by atoms with Gasteiger partial charge in [0, 0.05) is 38.3 Å². The minimum Gasteiger partial charge on any atom is -0.352 e. The van der Waals surface area contributed by atoms with Crippen LogP contribution in [0.3, 0.4) is 0 Å². The summed E-state index contributed by atoms with van der Waals surface area (Å²) in [6, 6.07) is 18.5. The van der Waals surface area contributed by atoms with Gasteiger partial charge in [0.1, 0.15) is 0 Å². The van der Waals surface area contributed by atoms with E-state index in [9.17, 15) is 4.79 Å². The fourth-order valence-electron chi connectivity index (χ4n) is 4.00. The number of piperazine rings is 1. The van der Waals surface area contributed by atoms with E-state index in [1.165, 1.54) is 5.56 Å². The van der Waals surface area contributed by atoms with Crippen molar-refractivity contribution in [2.75, 3.05) is 39.3 Å². The Balaban J connectivity index is 1.52. The second kappa shape index (κ2) is 10.7. The van der Waals surface area contributed by atoms with Crippen LogP contribution in [0.1, 0.15) is 5.56 Å². The highest BCUT2D eigenvalue weighted by atomic mass is 32.1. The summed E-state index contributed by atoms with van der Waals surface area (Å²) in [7, 11) is 0. The summed E-state index contributed by atoms with van der Waals surface area (Å²) in [4.78, 5) is 16.5. The van der Waals surface area contributed by atoms with Crippen LogP contribution in [-0.2, 0) is 11.5 Å². The Morgan fingerprint density at radius 3 is 2.52 bits per heavy atom. The molecule has 2 heterocycles. The molecule has 1 N–H and O–H groups in total. The van der Waals surface area contributed by atoms with Crippen LogP contribution in [0.25, 0.3) is 17.1 Å². The SMILES string of the molecule is C=CCNC(=O)CN1CCN(Cn2nc(-c3ccccc3)n(-c3cccc(C)c3)c2=S)CC1. The van der Waals surface area contributed by atoms with Crippen molar-refractivity contribution in [2.45, 2.75) is 13.6 Å². The third kappa shape index (κ3) is 5.65. The molecule has 0 saturated carbocycles. The van der Waals surface area contributed by atoms with Gasteiger partial charge in [0.2, 0.25) is 10.7 Å². The Morgan fingerprint density at radius 1 is 1.09 bits per heavy atom. The monoisotopic (exact) mass is 462 g/mol. The predicted molar refractivity (Wildman–Crippen MR) is 134 cm³/mol. The fourth-order valence-corrected chi connectivity index (χ4v) is 4.29. The average Bonchev–Trinajstić information content (AvgIpc) is 3.15. The van der Waals surface area contributed by atoms with Gasteiger partial charge in [-0.2, -0.15) is 0 Å². The van der Waals surface area contributed by atoms with E-state index in [1.54, 1.807) is 6.08 Å². The van der Waals surface area contributed by atoms with Crippen molar-refractivity contribution in [3.63, 3.8) is 0 Å². The molecule has 2 aromatic carbocycles. The van der Waals surface area contributed by atoms with E-state index in [1.807, 2.05) is 28.9 Å². The number of amides is 1. The van der Waals surface area contributed by atoms with Gasteiger partial charge in [-0.25, -0.2) is 4.68 Å². The van der Waals surface area contributed by atoms with Crippen LogP contribution in [0.2, 0.25) is 0 Å². The van der Waals surface area contributed by atoms with Gasteiger partial charge in [0.05, 0.1) is 18.9 Å². The molecule has 4 rings (SSSR count). The maximum atomic E-state index is 12.0. The highest BCUT2D eigenvalue weighted by Gasteiger charge is 2.21. The number of nitrogens with zero attached hydrogens (tertiary/aromatic N) is 5. The van der Waals surface area contributed by atoms with Gasteiger partial charge < -0.3 is 5.32 Å². The number of hydrogen-bond acceptors (Lipinski definition) is 5. The van der Waals surface area contributed by atoms with Crippen LogP contribution in [0.4, 0.5) is 0 Å². The summed E-state index contributed by atoms with van der Waals surface area (Å²) in [5.41, 5.74) is 3.22. The summed E-state index contributed by atoms with van der Waals surface area (Å²) in [6.45, 7) is 10.6. The Bertz CT molecular complexity index is 1160. The van der Waals surface area contributed by atoms with Gasteiger partial charge in [0.15, 0.2) is 5.82 Å². The molecule has 8 heteroatoms. The first-order valence-corrected chi connectivity index (χ1v) is 11.6. The predicted octanol–water partition coefficient (Wildman–Crippen LogP) is 3.26. The van der Waals surface area contributed by atoms with Crippen molar-refractivity contribution >= 4 is 18.1 Å². The molecular weight excluding hydrogens is 432 g/mol. The Morgan fingerprint density at radius 2 is 1.82 bits per heavy atom. The first-order chi connectivity index (χ1) is 16.0. The first-order valence-electron chi connectivity index (χ1n) is 11.2. The molecule has 0 spiro atoms. The van der Waals surface area contributed by atoms with E-state index >= 15 is 0 Å². The van der Waals surface area contributed by atoms with Crippen molar-refractivity contribution in [2.24, 2.45) is 0 Å². The molecule has 33 heavy (non-hydrogen) atoms. The van der Waals surface area contributed by atoms with E-state index in [2.05, 4.69) is 63.5 Å². The van der Waals surface area contributed by atoms with Gasteiger partial charge in [-0.15, -0.1) is 11.7 Å². The minimum absolute atomic E-state index is 0.0370. The molecule has 1 aliphatic rings. The number of carbonyl (C=O) groups excluding carboxylic acids is 1. The van der Waals surface area contributed by atoms with Crippen LogP contribution >= 0.6 is 12.2 Å². The van der Waals surface area contributed by atoms with Crippen LogP contribution in [-0.4, -0.2) is 69.3 Å². The lowest BCUT2D eigenvalue weighted by Gasteiger charge is -2.33. The number of hydrogen-bond donors (Lipinski definition) is 1. The lowest BCUT2D eigenvalue weighted by atomic mass is 10.2. The summed E-state index contributed by atoms with van der Waals surface area (Å²) < 4.78 is 4.63. The highest BCUT2D eigenvalue weighted by Crippen LogP contribution is 2.23. The van der Waals surface area contributed by atoms with Crippen LogP contribution < -0.4 is 5.32 Å². The zero-order chi connectivity index (χ0) is 23.2. The van der Waals surface area contributed by atoms with Crippen molar-refractivity contribution in [3.05, 3.63) is 77.6 Å². The van der Waals surface area contributed by atoms with Crippen molar-refractivity contribution in [3.8, 4) is 17.1 Å². The third-order valence-corrected chi connectivity index (χ3v) is 6.13. The number of aryl methyl sites for hydroxylation is 1. The molecule has 3 aromatic rings. The van der Waals surface area contributed by atoms with Gasteiger partial charge in [0.25, 0.3) is 0 Å². The van der Waals surface area contributed by atoms with Crippen molar-refractivity contribution < 1.29 is 4.79 Å². The molecule has 1 saturated heterocycles. The van der Waals surface area contributed by atoms with Crippen LogP contribution in [0, 0.1) is 11.7 Å². The fraction of sp³-hybridized carbons (Fsp3) is 0.320. The molecule has 0 radical (unpaired) electrons. The van der Waals surface area contributed by atoms with E-state index in [0.717, 1.165) is 43.3 Å². The third-order valence-electron chi connectivity index (χ3n) is 5.74. The Kier molecular flexibility index (Phi) is 7.49. The van der Waals surface area contributed by atoms with Crippen LogP contribution in [0.15, 0.2) is 67.3 Å². The maximum Gasteiger partial charge on any atom is 0.234 e. The van der Waals surface area contributed by atoms with Gasteiger partial charge >= 0.3 is 0 Å². The average molecular weight is 463 g/mol. The zero-order valence-electron chi connectivity index (χ0n) is 19.0. The zero-order valence-corrected chi connectivity index (χ0v) is 19.8. The Labute approximate surface area is 199 Å². The van der Waals surface area contributed by atoms with Crippen LogP contribution in [0.5, 0.6) is 0 Å². The van der Waals surface area contributed by atoms with E-state index < -0.39 is 0 Å². The number of aromatic nitrogens is 3. The summed E-state index contributed by atoms with van der Waals surface area (Å²) in [5, 5.41) is 7.77. The van der Waals surface area contributed by atoms with E-state index in [-0.39, 0.29) is 5.91 Å². The van der Waals surface area contributed by atoms with E-state index in [4.69, 9.17) is 17.3 Å². The molecule has 1 amide bonds. The molecule has 1 aliphatic heterocycles. The largest absolute Gasteiger partial charge is 0.352 e. The van der Waals surface area contributed by atoms with E-state index in [0.29, 0.717) is 24.5 Å². The van der Waals surface area contributed by atoms with Gasteiger partial charge in [-0.1, -0.05) is 48.5 Å². The Hall–Kier alpha value is -3.07. The number of carbonyl (C=O) groups is 1. The molecule has 0 unspecified atom stereocenters. The summed E-state index contributed by atoms with van der Waals surface area (Å²) in [6.07, 6.45) is 1.69. The van der Waals surface area contributed by atoms with Gasteiger partial charge in [-0.05, 0) is 36.8 Å². The molecule has 0 atom stereocenters. The van der Waals surface area contributed by atoms with Crippen molar-refractivity contribution in [1.82, 2.24) is 29.5 Å². The highest BCUT2D eigenvalue weighted by molar-refractivity contribution is 7.71. The lowest BCUT2D eigenvalue weighted by molar-refractivity contribution is -0.122. The maximum absolute atomic E-state index is 12.0. The lowest BCUT2D eigenvalue weighted by Crippen LogP contribution is -2.49. The molecule has 0 bridgehead atoms. The summed E-state index contributed by atoms with van der Waals surface area (Å²) >= 11 is 5.89. The standard InChI is InChI=1S/C25H30N6OS/c1-3-12-26-23(32)18-28-13-15-29(16-14-28)19-30-25(33)31(22-11-7-8-20(2)17-22)24(27-30)21-9-5-4-6-10-21/h3-11,17H,1,12-16,18-19H2,2H3,(H,26,32). The molecule has 1 fully saturated rings. The number of benzene rings is 2.